The molecule has 0 saturated carbocycles. The Morgan fingerprint density at radius 2 is 1.79 bits per heavy atom. The summed E-state index contributed by atoms with van der Waals surface area (Å²) in [5, 5.41) is 19.9. The van der Waals surface area contributed by atoms with E-state index < -0.39 is 5.97 Å². The molecule has 0 aliphatic carbocycles. The summed E-state index contributed by atoms with van der Waals surface area (Å²) in [7, 11) is 0. The van der Waals surface area contributed by atoms with Crippen LogP contribution in [0.25, 0.3) is 17.5 Å². The maximum absolute atomic E-state index is 11.8. The van der Waals surface area contributed by atoms with E-state index in [1.165, 1.54) is 6.08 Å². The second-order valence-corrected chi connectivity index (χ2v) is 7.93. The van der Waals surface area contributed by atoms with Crippen molar-refractivity contribution in [2.45, 2.75) is 18.6 Å². The number of carboxylic acid groups (broad SMARTS) is 1. The number of hydrogen-bond donors (Lipinski definition) is 1. The maximum atomic E-state index is 11.8. The molecule has 0 radical (unpaired) electrons. The zero-order valence-electron chi connectivity index (χ0n) is 14.6. The fourth-order valence-corrected chi connectivity index (χ4v) is 3.92. The summed E-state index contributed by atoms with van der Waals surface area (Å²) < 4.78 is 1.84. The molecule has 0 unspecified atom stereocenters. The van der Waals surface area contributed by atoms with Gasteiger partial charge in [-0.15, -0.1) is 10.2 Å². The molecule has 0 atom stereocenters. The molecule has 144 valence electrons. The smallest absolute Gasteiger partial charge is 0.342 e. The van der Waals surface area contributed by atoms with Gasteiger partial charge in [0.2, 0.25) is 0 Å². The highest BCUT2D eigenvalue weighted by Gasteiger charge is 2.18. The van der Waals surface area contributed by atoms with E-state index in [0.29, 0.717) is 38.2 Å². The molecule has 0 saturated heterocycles. The lowest BCUT2D eigenvalue weighted by atomic mass is 10.2. The average molecular weight is 455 g/mol. The molecule has 2 aromatic carbocycles. The predicted octanol–water partition coefficient (Wildman–Crippen LogP) is 6.14. The van der Waals surface area contributed by atoms with E-state index in [1.807, 2.05) is 23.6 Å². The van der Waals surface area contributed by atoms with Crippen LogP contribution in [-0.4, -0.2) is 25.8 Å². The molecule has 3 rings (SSSR count). The highest BCUT2D eigenvalue weighted by atomic mass is 35.5. The minimum absolute atomic E-state index is 0.0639. The van der Waals surface area contributed by atoms with Gasteiger partial charge in [0.05, 0.1) is 0 Å². The number of hydrogen-bond acceptors (Lipinski definition) is 4. The van der Waals surface area contributed by atoms with Crippen LogP contribution in [0.4, 0.5) is 0 Å². The van der Waals surface area contributed by atoms with Crippen molar-refractivity contribution in [1.29, 1.82) is 0 Å². The van der Waals surface area contributed by atoms with Crippen molar-refractivity contribution >= 4 is 58.6 Å². The summed E-state index contributed by atoms with van der Waals surface area (Å²) in [6.45, 7) is 2.51. The molecule has 5 nitrogen and oxygen atoms in total. The summed E-state index contributed by atoms with van der Waals surface area (Å²) in [5.74, 6) is -0.453. The van der Waals surface area contributed by atoms with E-state index >= 15 is 0 Å². The molecule has 1 heterocycles. The quantitative estimate of drug-likeness (QED) is 0.358. The minimum Gasteiger partial charge on any atom is -0.477 e. The Bertz CT molecular complexity index is 1050. The van der Waals surface area contributed by atoms with Crippen molar-refractivity contribution in [2.75, 3.05) is 0 Å². The number of halogens is 3. The Hall–Kier alpha value is -1.99. The van der Waals surface area contributed by atoms with Gasteiger partial charge in [0.15, 0.2) is 11.0 Å². The molecule has 9 heteroatoms. The Kier molecular flexibility index (Phi) is 6.67. The van der Waals surface area contributed by atoms with Crippen LogP contribution in [0.5, 0.6) is 0 Å². The van der Waals surface area contributed by atoms with E-state index in [1.54, 1.807) is 30.3 Å². The molecule has 1 aromatic heterocycles. The van der Waals surface area contributed by atoms with E-state index in [0.717, 1.165) is 17.3 Å². The van der Waals surface area contributed by atoms with Crippen LogP contribution in [0.15, 0.2) is 52.5 Å². The van der Waals surface area contributed by atoms with Gasteiger partial charge < -0.3 is 9.67 Å². The number of carboxylic acids is 1. The van der Waals surface area contributed by atoms with Gasteiger partial charge in [0, 0.05) is 27.2 Å². The van der Waals surface area contributed by atoms with Crippen LogP contribution < -0.4 is 0 Å². The number of nitrogens with zero attached hydrogens (tertiary/aromatic N) is 3. The van der Waals surface area contributed by atoms with Crippen LogP contribution in [0.2, 0.25) is 15.1 Å². The Morgan fingerprint density at radius 3 is 2.39 bits per heavy atom. The fourth-order valence-electron chi connectivity index (χ4n) is 2.45. The lowest BCUT2D eigenvalue weighted by Gasteiger charge is -2.08. The molecule has 0 amide bonds. The number of benzene rings is 2. The molecule has 0 bridgehead atoms. The molecule has 28 heavy (non-hydrogen) atoms. The second kappa shape index (κ2) is 9.01. The minimum atomic E-state index is -1.09. The molecule has 1 N–H and O–H groups in total. The van der Waals surface area contributed by atoms with Crippen LogP contribution in [-0.2, 0) is 11.3 Å². The molecular formula is C19H14Cl3N3O2S. The van der Waals surface area contributed by atoms with Gasteiger partial charge in [-0.3, -0.25) is 0 Å². The largest absolute Gasteiger partial charge is 0.477 e. The van der Waals surface area contributed by atoms with Gasteiger partial charge in [-0.2, -0.15) is 0 Å². The zero-order chi connectivity index (χ0) is 20.3. The third kappa shape index (κ3) is 4.70. The van der Waals surface area contributed by atoms with Crippen molar-refractivity contribution < 1.29 is 9.90 Å². The Balaban J connectivity index is 1.97. The van der Waals surface area contributed by atoms with Crippen LogP contribution in [0, 0.1) is 0 Å². The standard InChI is InChI=1S/C19H14Cl3N3O2S/c1-2-25-17(11-3-6-13(20)7-4-11)23-24-19(25)28-16(18(26)27)9-12-5-8-14(21)10-15(12)22/h3-10H,2H2,1H3,(H,26,27)/b16-9-. The Labute approximate surface area is 180 Å². The highest BCUT2D eigenvalue weighted by molar-refractivity contribution is 8.04. The first-order chi connectivity index (χ1) is 13.4. The van der Waals surface area contributed by atoms with Gasteiger partial charge in [-0.25, -0.2) is 4.79 Å². The summed E-state index contributed by atoms with van der Waals surface area (Å²) in [6.07, 6.45) is 1.49. The molecule has 0 aliphatic heterocycles. The third-order valence-corrected chi connectivity index (χ3v) is 5.61. The number of carbonyl (C=O) groups is 1. The summed E-state index contributed by atoms with van der Waals surface area (Å²) >= 11 is 19.0. The first kappa shape index (κ1) is 20.7. The normalized spacial score (nSPS) is 11.6. The number of thioether (sulfide) groups is 1. The second-order valence-electron chi connectivity index (χ2n) is 5.64. The van der Waals surface area contributed by atoms with Crippen LogP contribution in [0.3, 0.4) is 0 Å². The predicted molar refractivity (Wildman–Crippen MR) is 114 cm³/mol. The highest BCUT2D eigenvalue weighted by Crippen LogP contribution is 2.32. The van der Waals surface area contributed by atoms with Gasteiger partial charge in [-0.1, -0.05) is 40.9 Å². The summed E-state index contributed by atoms with van der Waals surface area (Å²) in [5.41, 5.74) is 1.39. The van der Waals surface area contributed by atoms with Crippen molar-refractivity contribution in [3.05, 3.63) is 68.0 Å². The van der Waals surface area contributed by atoms with Gasteiger partial charge in [0.1, 0.15) is 4.91 Å². The zero-order valence-corrected chi connectivity index (χ0v) is 17.6. The van der Waals surface area contributed by atoms with Crippen molar-refractivity contribution in [3.8, 4) is 11.4 Å². The monoisotopic (exact) mass is 453 g/mol. The number of aliphatic carboxylic acids is 1. The van der Waals surface area contributed by atoms with E-state index in [-0.39, 0.29) is 4.91 Å². The van der Waals surface area contributed by atoms with Gasteiger partial charge in [-0.05, 0) is 66.7 Å². The summed E-state index contributed by atoms with van der Waals surface area (Å²) in [6, 6.07) is 12.1. The van der Waals surface area contributed by atoms with E-state index in [2.05, 4.69) is 10.2 Å². The molecule has 0 aliphatic rings. The Morgan fingerprint density at radius 1 is 1.11 bits per heavy atom. The number of aromatic nitrogens is 3. The first-order valence-electron chi connectivity index (χ1n) is 8.16. The van der Waals surface area contributed by atoms with E-state index in [9.17, 15) is 9.90 Å². The summed E-state index contributed by atoms with van der Waals surface area (Å²) in [4.78, 5) is 11.8. The topological polar surface area (TPSA) is 68.0 Å². The fraction of sp³-hybridized carbons (Fsp3) is 0.105. The van der Waals surface area contributed by atoms with Crippen molar-refractivity contribution in [3.63, 3.8) is 0 Å². The SMILES string of the molecule is CCn1c(S/C(=C\c2ccc(Cl)cc2Cl)C(=O)O)nnc1-c1ccc(Cl)cc1. The molecule has 3 aromatic rings. The molecule has 0 fully saturated rings. The molecular weight excluding hydrogens is 441 g/mol. The lowest BCUT2D eigenvalue weighted by Crippen LogP contribution is -2.02. The van der Waals surface area contributed by atoms with Crippen LogP contribution >= 0.6 is 46.6 Å². The third-order valence-electron chi connectivity index (χ3n) is 3.80. The first-order valence-corrected chi connectivity index (χ1v) is 10.1. The van der Waals surface area contributed by atoms with Gasteiger partial charge >= 0.3 is 5.97 Å². The maximum Gasteiger partial charge on any atom is 0.342 e. The average Bonchev–Trinajstić information content (AvgIpc) is 3.06. The van der Waals surface area contributed by atoms with Crippen LogP contribution in [0.1, 0.15) is 12.5 Å². The molecule has 0 spiro atoms. The van der Waals surface area contributed by atoms with E-state index in [4.69, 9.17) is 34.8 Å². The van der Waals surface area contributed by atoms with Crippen molar-refractivity contribution in [1.82, 2.24) is 14.8 Å². The lowest BCUT2D eigenvalue weighted by molar-refractivity contribution is -0.131. The van der Waals surface area contributed by atoms with Gasteiger partial charge in [0.25, 0.3) is 0 Å². The van der Waals surface area contributed by atoms with Crippen molar-refractivity contribution in [2.24, 2.45) is 0 Å². The number of rotatable bonds is 6.